The first-order chi connectivity index (χ1) is 7.28. The first kappa shape index (κ1) is 8.56. The summed E-state index contributed by atoms with van der Waals surface area (Å²) >= 11 is 5.92. The van der Waals surface area contributed by atoms with Gasteiger partial charge in [-0.1, -0.05) is 11.6 Å². The number of aromatic nitrogens is 2. The molecule has 0 saturated heterocycles. The third-order valence-electron chi connectivity index (χ3n) is 2.49. The Balaban J connectivity index is 2.47. The van der Waals surface area contributed by atoms with E-state index >= 15 is 0 Å². The minimum absolute atomic E-state index is 0.568. The molecule has 0 atom stereocenters. The zero-order valence-electron chi connectivity index (χ0n) is 7.67. The Morgan fingerprint density at radius 1 is 1.13 bits per heavy atom. The van der Waals surface area contributed by atoms with E-state index < -0.39 is 0 Å². The summed E-state index contributed by atoms with van der Waals surface area (Å²) in [6.07, 6.45) is 0.796. The molecule has 0 spiro atoms. The van der Waals surface area contributed by atoms with Crippen molar-refractivity contribution in [3.05, 3.63) is 35.0 Å². The first-order valence-electron chi connectivity index (χ1n) is 4.53. The van der Waals surface area contributed by atoms with Crippen LogP contribution in [0.3, 0.4) is 0 Å². The highest BCUT2D eigenvalue weighted by atomic mass is 35.5. The van der Waals surface area contributed by atoms with E-state index in [4.69, 9.17) is 11.6 Å². The molecule has 2 N–H and O–H groups in total. The van der Waals surface area contributed by atoms with Gasteiger partial charge in [-0.3, -0.25) is 4.79 Å². The molecule has 3 aromatic rings. The van der Waals surface area contributed by atoms with E-state index in [9.17, 15) is 4.79 Å². The number of hydrogen-bond donors (Lipinski definition) is 2. The van der Waals surface area contributed by atoms with Crippen molar-refractivity contribution >= 4 is 39.8 Å². The van der Waals surface area contributed by atoms with Crippen LogP contribution in [0.15, 0.2) is 24.3 Å². The lowest BCUT2D eigenvalue weighted by atomic mass is 10.2. The number of benzene rings is 1. The van der Waals surface area contributed by atoms with Crippen LogP contribution in [0.5, 0.6) is 0 Å². The average molecular weight is 219 g/mol. The van der Waals surface area contributed by atoms with Gasteiger partial charge in [0.05, 0.1) is 16.7 Å². The predicted molar refractivity (Wildman–Crippen MR) is 60.6 cm³/mol. The van der Waals surface area contributed by atoms with Gasteiger partial charge >= 0.3 is 0 Å². The molecule has 3 rings (SSSR count). The minimum Gasteiger partial charge on any atom is -0.353 e. The second kappa shape index (κ2) is 2.87. The molecule has 15 heavy (non-hydrogen) atoms. The number of aromatic amines is 2. The summed E-state index contributed by atoms with van der Waals surface area (Å²) in [5, 5.41) is 1.69. The third-order valence-corrected chi connectivity index (χ3v) is 2.72. The van der Waals surface area contributed by atoms with Crippen LogP contribution in [0.4, 0.5) is 0 Å². The first-order valence-corrected chi connectivity index (χ1v) is 4.91. The Morgan fingerprint density at radius 3 is 2.80 bits per heavy atom. The number of H-pyrrole nitrogens is 2. The number of hydrogen-bond acceptors (Lipinski definition) is 1. The monoisotopic (exact) mass is 218 g/mol. The Morgan fingerprint density at radius 2 is 2.00 bits per heavy atom. The van der Waals surface area contributed by atoms with Crippen LogP contribution in [-0.2, 0) is 0 Å². The third kappa shape index (κ3) is 1.17. The van der Waals surface area contributed by atoms with Gasteiger partial charge in [-0.25, -0.2) is 0 Å². The van der Waals surface area contributed by atoms with Crippen LogP contribution < -0.4 is 0 Å². The van der Waals surface area contributed by atoms with Crippen molar-refractivity contribution < 1.29 is 4.79 Å². The van der Waals surface area contributed by atoms with E-state index in [2.05, 4.69) is 9.97 Å². The Kier molecular flexibility index (Phi) is 1.64. The van der Waals surface area contributed by atoms with Crippen LogP contribution in [0.25, 0.3) is 21.9 Å². The maximum absolute atomic E-state index is 10.6. The minimum atomic E-state index is 0.568. The molecule has 74 valence electrons. The van der Waals surface area contributed by atoms with E-state index in [-0.39, 0.29) is 0 Å². The summed E-state index contributed by atoms with van der Waals surface area (Å²) < 4.78 is 0. The fourth-order valence-electron chi connectivity index (χ4n) is 1.83. The van der Waals surface area contributed by atoms with Crippen molar-refractivity contribution in [2.24, 2.45) is 0 Å². The molecule has 0 aliphatic heterocycles. The number of carbonyl (C=O) groups excluding carboxylic acids is 1. The van der Waals surface area contributed by atoms with Gasteiger partial charge < -0.3 is 9.97 Å². The predicted octanol–water partition coefficient (Wildman–Crippen LogP) is 3.12. The normalized spacial score (nSPS) is 11.3. The summed E-state index contributed by atoms with van der Waals surface area (Å²) in [6.45, 7) is 0. The van der Waals surface area contributed by atoms with Crippen molar-refractivity contribution in [1.82, 2.24) is 9.97 Å². The largest absolute Gasteiger partial charge is 0.353 e. The van der Waals surface area contributed by atoms with Gasteiger partial charge in [0.15, 0.2) is 6.29 Å². The van der Waals surface area contributed by atoms with Gasteiger partial charge in [-0.15, -0.1) is 0 Å². The number of fused-ring (bicyclic) bond motifs is 3. The Bertz CT molecular complexity index is 666. The lowest BCUT2D eigenvalue weighted by Crippen LogP contribution is -1.76. The topological polar surface area (TPSA) is 48.6 Å². The fourth-order valence-corrected chi connectivity index (χ4v) is 2.00. The fraction of sp³-hybridized carbons (Fsp3) is 0. The van der Waals surface area contributed by atoms with Crippen molar-refractivity contribution in [2.45, 2.75) is 0 Å². The van der Waals surface area contributed by atoms with Gasteiger partial charge in [0.1, 0.15) is 0 Å². The zero-order chi connectivity index (χ0) is 10.4. The molecule has 0 aliphatic rings. The standard InChI is InChI=1S/C11H7ClN2O/c12-6-1-2-9-8(3-6)11-10(14-9)4-7(5-15)13-11/h1-5,13-14H. The summed E-state index contributed by atoms with van der Waals surface area (Å²) in [4.78, 5) is 16.9. The lowest BCUT2D eigenvalue weighted by Gasteiger charge is -1.91. The highest BCUT2D eigenvalue weighted by Crippen LogP contribution is 2.27. The molecule has 3 nitrogen and oxygen atoms in total. The quantitative estimate of drug-likeness (QED) is 0.606. The zero-order valence-corrected chi connectivity index (χ0v) is 8.43. The van der Waals surface area contributed by atoms with E-state index in [1.807, 2.05) is 18.2 Å². The molecule has 0 amide bonds. The van der Waals surface area contributed by atoms with E-state index in [1.165, 1.54) is 0 Å². The van der Waals surface area contributed by atoms with Gasteiger partial charge in [0.25, 0.3) is 0 Å². The molecule has 4 heteroatoms. The number of carbonyl (C=O) groups is 1. The highest BCUT2D eigenvalue weighted by molar-refractivity contribution is 6.31. The summed E-state index contributed by atoms with van der Waals surface area (Å²) in [6, 6.07) is 7.42. The van der Waals surface area contributed by atoms with Crippen molar-refractivity contribution in [2.75, 3.05) is 0 Å². The Hall–Kier alpha value is -1.74. The molecule has 0 saturated carbocycles. The molecule has 1 aromatic carbocycles. The highest BCUT2D eigenvalue weighted by Gasteiger charge is 2.07. The van der Waals surface area contributed by atoms with Crippen molar-refractivity contribution in [3.63, 3.8) is 0 Å². The van der Waals surface area contributed by atoms with E-state index in [0.29, 0.717) is 10.7 Å². The maximum atomic E-state index is 10.6. The molecule has 0 bridgehead atoms. The second-order valence-corrected chi connectivity index (χ2v) is 3.88. The molecular formula is C11H7ClN2O. The molecule has 2 heterocycles. The SMILES string of the molecule is O=Cc1cc2[nH]c3ccc(Cl)cc3c2[nH]1. The van der Waals surface area contributed by atoms with Gasteiger partial charge in [-0.2, -0.15) is 0 Å². The van der Waals surface area contributed by atoms with E-state index in [1.54, 1.807) is 6.07 Å². The van der Waals surface area contributed by atoms with E-state index in [0.717, 1.165) is 28.2 Å². The molecule has 0 unspecified atom stereocenters. The van der Waals surface area contributed by atoms with Crippen molar-refractivity contribution in [1.29, 1.82) is 0 Å². The average Bonchev–Trinajstić information content (AvgIpc) is 2.75. The molecular weight excluding hydrogens is 212 g/mol. The summed E-state index contributed by atoms with van der Waals surface area (Å²) in [5.74, 6) is 0. The van der Waals surface area contributed by atoms with Crippen molar-refractivity contribution in [3.8, 4) is 0 Å². The number of halogens is 1. The molecule has 0 fully saturated rings. The molecule has 0 aliphatic carbocycles. The van der Waals surface area contributed by atoms with Crippen LogP contribution in [0, 0.1) is 0 Å². The smallest absolute Gasteiger partial charge is 0.166 e. The van der Waals surface area contributed by atoms with Crippen LogP contribution >= 0.6 is 11.6 Å². The maximum Gasteiger partial charge on any atom is 0.166 e. The van der Waals surface area contributed by atoms with Crippen LogP contribution in [0.2, 0.25) is 5.02 Å². The molecule has 2 aromatic heterocycles. The lowest BCUT2D eigenvalue weighted by molar-refractivity contribution is 0.112. The number of aldehydes is 1. The van der Waals surface area contributed by atoms with Gasteiger partial charge in [0, 0.05) is 15.9 Å². The number of rotatable bonds is 1. The van der Waals surface area contributed by atoms with Gasteiger partial charge in [-0.05, 0) is 24.3 Å². The van der Waals surface area contributed by atoms with Crippen LogP contribution in [0.1, 0.15) is 10.5 Å². The van der Waals surface area contributed by atoms with Crippen LogP contribution in [-0.4, -0.2) is 16.3 Å². The summed E-state index contributed by atoms with van der Waals surface area (Å²) in [5.41, 5.74) is 3.43. The summed E-state index contributed by atoms with van der Waals surface area (Å²) in [7, 11) is 0. The number of nitrogens with one attached hydrogen (secondary N) is 2. The van der Waals surface area contributed by atoms with Gasteiger partial charge in [0.2, 0.25) is 0 Å². The second-order valence-electron chi connectivity index (χ2n) is 3.45. The molecule has 0 radical (unpaired) electrons. The Labute approximate surface area is 90.0 Å².